The quantitative estimate of drug-likeness (QED) is 0.623. The van der Waals surface area contributed by atoms with Crippen molar-refractivity contribution in [3.05, 3.63) is 60.3 Å². The van der Waals surface area contributed by atoms with Crippen molar-refractivity contribution in [2.24, 2.45) is 0 Å². The number of carbonyl (C=O) groups is 1. The van der Waals surface area contributed by atoms with E-state index in [1.165, 1.54) is 0 Å². The first-order valence-electron chi connectivity index (χ1n) is 8.96. The van der Waals surface area contributed by atoms with Gasteiger partial charge in [0, 0.05) is 17.1 Å². The Balaban J connectivity index is 1.57. The lowest BCUT2D eigenvalue weighted by atomic mass is 10.1. The van der Waals surface area contributed by atoms with Crippen LogP contribution in [0.5, 0.6) is 0 Å². The Bertz CT molecular complexity index is 1030. The smallest absolute Gasteiger partial charge is 0.411 e. The van der Waals surface area contributed by atoms with E-state index >= 15 is 0 Å². The van der Waals surface area contributed by atoms with Gasteiger partial charge in [-0.2, -0.15) is 0 Å². The molecule has 0 saturated carbocycles. The molecule has 1 heterocycles. The monoisotopic (exact) mass is 431 g/mol. The summed E-state index contributed by atoms with van der Waals surface area (Å²) in [5.74, 6) is 0.0233. The molecule has 0 bridgehead atoms. The predicted octanol–water partition coefficient (Wildman–Crippen LogP) is 3.52. The van der Waals surface area contributed by atoms with E-state index in [1.54, 1.807) is 25.1 Å². The van der Waals surface area contributed by atoms with Crippen LogP contribution in [0, 0.1) is 0 Å². The molecule has 0 aliphatic carbocycles. The maximum atomic E-state index is 11.5. The van der Waals surface area contributed by atoms with E-state index < -0.39 is 15.9 Å². The van der Waals surface area contributed by atoms with Crippen molar-refractivity contribution < 1.29 is 17.9 Å². The number of benzene rings is 2. The van der Waals surface area contributed by atoms with Crippen LogP contribution in [0.4, 0.5) is 16.2 Å². The zero-order chi connectivity index (χ0) is 20.9. The van der Waals surface area contributed by atoms with Crippen LogP contribution in [0.25, 0.3) is 11.1 Å². The zero-order valence-corrected chi connectivity index (χ0v) is 17.4. The summed E-state index contributed by atoms with van der Waals surface area (Å²) in [4.78, 5) is 11.4. The predicted molar refractivity (Wildman–Crippen MR) is 119 cm³/mol. The molecular weight excluding hydrogens is 410 g/mol. The van der Waals surface area contributed by atoms with Gasteiger partial charge in [-0.1, -0.05) is 24.3 Å². The average molecular weight is 432 g/mol. The molecule has 152 valence electrons. The molecule has 29 heavy (non-hydrogen) atoms. The number of hydrogen-bond acceptors (Lipinski definition) is 5. The first kappa shape index (κ1) is 20.8. The Kier molecular flexibility index (Phi) is 6.50. The van der Waals surface area contributed by atoms with E-state index in [2.05, 4.69) is 16.0 Å². The largest absolute Gasteiger partial charge is 0.450 e. The minimum Gasteiger partial charge on any atom is -0.450 e. The van der Waals surface area contributed by atoms with E-state index in [1.807, 2.05) is 36.4 Å². The minimum atomic E-state index is -3.04. The second-order valence-corrected chi connectivity index (χ2v) is 8.88. The van der Waals surface area contributed by atoms with Gasteiger partial charge in [-0.05, 0) is 60.6 Å². The Labute approximate surface area is 175 Å². The number of carbonyl (C=O) groups excluding carboxylic acids is 1. The number of ether oxygens (including phenoxy) is 1. The summed E-state index contributed by atoms with van der Waals surface area (Å²) in [6, 6.07) is 15.1. The van der Waals surface area contributed by atoms with Gasteiger partial charge in [-0.3, -0.25) is 5.32 Å². The van der Waals surface area contributed by atoms with Crippen molar-refractivity contribution in [3.63, 3.8) is 0 Å². The van der Waals surface area contributed by atoms with Crippen LogP contribution in [0.1, 0.15) is 6.92 Å². The Morgan fingerprint density at radius 3 is 2.00 bits per heavy atom. The molecule has 0 spiro atoms. The number of hydrogen-bond donors (Lipinski definition) is 3. The normalized spacial score (nSPS) is 14.6. The first-order chi connectivity index (χ1) is 13.8. The highest BCUT2D eigenvalue weighted by atomic mass is 32.2. The van der Waals surface area contributed by atoms with Gasteiger partial charge in [-0.15, -0.1) is 0 Å². The van der Waals surface area contributed by atoms with Gasteiger partial charge < -0.3 is 15.4 Å². The van der Waals surface area contributed by atoms with Gasteiger partial charge in [0.05, 0.1) is 18.1 Å². The molecule has 9 heteroatoms. The number of anilines is 2. The van der Waals surface area contributed by atoms with Crippen LogP contribution in [-0.4, -0.2) is 37.7 Å². The molecule has 2 aromatic carbocycles. The average Bonchev–Trinajstić information content (AvgIpc) is 3.01. The maximum Gasteiger partial charge on any atom is 0.411 e. The fourth-order valence-electron chi connectivity index (χ4n) is 2.75. The molecule has 3 N–H and O–H groups in total. The fraction of sp³-hybridized carbons (Fsp3) is 0.200. The molecular formula is C20H21N3O4S2. The van der Waals surface area contributed by atoms with Crippen molar-refractivity contribution in [2.75, 3.05) is 28.7 Å². The highest BCUT2D eigenvalue weighted by Gasteiger charge is 2.20. The van der Waals surface area contributed by atoms with Gasteiger partial charge in [0.15, 0.2) is 14.9 Å². The van der Waals surface area contributed by atoms with Crippen molar-refractivity contribution >= 4 is 44.6 Å². The minimum absolute atomic E-state index is 0.0191. The summed E-state index contributed by atoms with van der Waals surface area (Å²) in [5, 5.41) is 8.95. The van der Waals surface area contributed by atoms with Gasteiger partial charge in [0.1, 0.15) is 0 Å². The summed E-state index contributed by atoms with van der Waals surface area (Å²) in [6.45, 7) is 2.07. The molecule has 0 radical (unpaired) electrons. The SMILES string of the molecule is CCOC(=O)Nc1ccc(-c2ccc(NC(=S)NC3=CCS(=O)(=O)C3)cc2)cc1. The molecule has 1 amide bonds. The van der Waals surface area contributed by atoms with Gasteiger partial charge >= 0.3 is 6.09 Å². The van der Waals surface area contributed by atoms with Gasteiger partial charge in [0.25, 0.3) is 0 Å². The lowest BCUT2D eigenvalue weighted by molar-refractivity contribution is 0.168. The molecule has 0 unspecified atom stereocenters. The number of sulfone groups is 1. The standard InChI is InChI=1S/C20H21N3O4S2/c1-2-27-20(24)23-17-9-5-15(6-10-17)14-3-7-16(8-4-14)21-19(28)22-18-11-12-29(25,26)13-18/h3-11H,2,12-13H2,1H3,(H,23,24)(H2,21,22,28). The summed E-state index contributed by atoms with van der Waals surface area (Å²) >= 11 is 5.24. The lowest BCUT2D eigenvalue weighted by Crippen LogP contribution is -2.29. The highest BCUT2D eigenvalue weighted by Crippen LogP contribution is 2.23. The third kappa shape index (κ3) is 6.03. The number of amides is 1. The van der Waals surface area contributed by atoms with Gasteiger partial charge in [0.2, 0.25) is 0 Å². The Morgan fingerprint density at radius 2 is 1.52 bits per heavy atom. The summed E-state index contributed by atoms with van der Waals surface area (Å²) in [6.07, 6.45) is 1.15. The molecule has 0 atom stereocenters. The van der Waals surface area contributed by atoms with Crippen molar-refractivity contribution in [1.29, 1.82) is 0 Å². The van der Waals surface area contributed by atoms with Crippen LogP contribution in [0.3, 0.4) is 0 Å². The summed E-state index contributed by atoms with van der Waals surface area (Å²) in [7, 11) is -3.04. The van der Waals surface area contributed by atoms with E-state index in [0.717, 1.165) is 16.8 Å². The molecule has 3 rings (SSSR count). The molecule has 1 aliphatic rings. The lowest BCUT2D eigenvalue weighted by Gasteiger charge is -2.11. The van der Waals surface area contributed by atoms with Gasteiger partial charge in [-0.25, -0.2) is 13.2 Å². The molecule has 0 aromatic heterocycles. The summed E-state index contributed by atoms with van der Waals surface area (Å²) < 4.78 is 27.8. The second-order valence-electron chi connectivity index (χ2n) is 6.36. The van der Waals surface area contributed by atoms with E-state index in [0.29, 0.717) is 23.1 Å². The maximum absolute atomic E-state index is 11.5. The Morgan fingerprint density at radius 1 is 0.966 bits per heavy atom. The first-order valence-corrected chi connectivity index (χ1v) is 11.2. The molecule has 7 nitrogen and oxygen atoms in total. The fourth-order valence-corrected chi connectivity index (χ4v) is 4.24. The molecule has 1 aliphatic heterocycles. The van der Waals surface area contributed by atoms with Crippen LogP contribution in [-0.2, 0) is 14.6 Å². The highest BCUT2D eigenvalue weighted by molar-refractivity contribution is 7.92. The third-order valence-electron chi connectivity index (χ3n) is 4.12. The molecule has 0 fully saturated rings. The van der Waals surface area contributed by atoms with Crippen LogP contribution in [0.15, 0.2) is 60.3 Å². The van der Waals surface area contributed by atoms with E-state index in [-0.39, 0.29) is 11.5 Å². The Hall–Kier alpha value is -2.91. The number of thiocarbonyl (C=S) groups is 1. The van der Waals surface area contributed by atoms with E-state index in [9.17, 15) is 13.2 Å². The van der Waals surface area contributed by atoms with Crippen molar-refractivity contribution in [1.82, 2.24) is 5.32 Å². The number of nitrogens with one attached hydrogen (secondary N) is 3. The topological polar surface area (TPSA) is 96.5 Å². The van der Waals surface area contributed by atoms with E-state index in [4.69, 9.17) is 17.0 Å². The van der Waals surface area contributed by atoms with Crippen molar-refractivity contribution in [3.8, 4) is 11.1 Å². The van der Waals surface area contributed by atoms with Crippen LogP contribution < -0.4 is 16.0 Å². The zero-order valence-electron chi connectivity index (χ0n) is 15.8. The molecule has 0 saturated heterocycles. The molecule has 2 aromatic rings. The third-order valence-corrected chi connectivity index (χ3v) is 5.75. The van der Waals surface area contributed by atoms with Crippen molar-refractivity contribution in [2.45, 2.75) is 6.92 Å². The van der Waals surface area contributed by atoms with Crippen LogP contribution in [0.2, 0.25) is 0 Å². The summed E-state index contributed by atoms with van der Waals surface area (Å²) in [5.41, 5.74) is 4.03. The second kappa shape index (κ2) is 9.06. The number of rotatable bonds is 5. The van der Waals surface area contributed by atoms with Crippen LogP contribution >= 0.6 is 12.2 Å².